The van der Waals surface area contributed by atoms with Crippen LogP contribution < -0.4 is 15.0 Å². The summed E-state index contributed by atoms with van der Waals surface area (Å²) in [5.41, 5.74) is 4.50. The Morgan fingerprint density at radius 1 is 1.03 bits per heavy atom. The standard InChI is InChI=1S/C29H28N2O6/c1-18-7-10-22(14-19(18)2)31-20(3)27(29(34)35-4)25(28(31)33)15-21-8-11-23(12-9-21)37-17-26(32)30-16-24-6-5-13-36-24/h5-15H,16-17H2,1-4H3,(H,30,32)/b25-15-. The maximum atomic E-state index is 13.5. The van der Waals surface area contributed by atoms with Crippen LogP contribution in [0.2, 0.25) is 0 Å². The second kappa shape index (κ2) is 11.0. The van der Waals surface area contributed by atoms with Crippen molar-refractivity contribution in [1.29, 1.82) is 0 Å². The number of amides is 2. The van der Waals surface area contributed by atoms with Crippen molar-refractivity contribution in [2.45, 2.75) is 27.3 Å². The fourth-order valence-electron chi connectivity index (χ4n) is 3.98. The van der Waals surface area contributed by atoms with E-state index in [4.69, 9.17) is 13.9 Å². The minimum atomic E-state index is -0.580. The summed E-state index contributed by atoms with van der Waals surface area (Å²) >= 11 is 0. The molecule has 0 saturated carbocycles. The molecule has 2 aromatic carbocycles. The van der Waals surface area contributed by atoms with Gasteiger partial charge in [0.1, 0.15) is 11.5 Å². The predicted octanol–water partition coefficient (Wildman–Crippen LogP) is 4.47. The lowest BCUT2D eigenvalue weighted by Crippen LogP contribution is -2.28. The van der Waals surface area contributed by atoms with Crippen molar-refractivity contribution in [3.8, 4) is 5.75 Å². The van der Waals surface area contributed by atoms with Crippen molar-refractivity contribution >= 4 is 29.5 Å². The molecule has 0 fully saturated rings. The highest BCUT2D eigenvalue weighted by Crippen LogP contribution is 2.36. The van der Waals surface area contributed by atoms with Crippen LogP contribution in [0.5, 0.6) is 5.75 Å². The van der Waals surface area contributed by atoms with E-state index >= 15 is 0 Å². The minimum Gasteiger partial charge on any atom is -0.484 e. The molecule has 1 aliphatic heterocycles. The first kappa shape index (κ1) is 25.5. The molecule has 0 unspecified atom stereocenters. The van der Waals surface area contributed by atoms with Crippen LogP contribution in [0.15, 0.2) is 82.1 Å². The van der Waals surface area contributed by atoms with Gasteiger partial charge in [-0.15, -0.1) is 0 Å². The zero-order valence-electron chi connectivity index (χ0n) is 21.2. The number of anilines is 1. The molecule has 190 valence electrons. The molecule has 8 nitrogen and oxygen atoms in total. The van der Waals surface area contributed by atoms with Gasteiger partial charge in [0, 0.05) is 11.4 Å². The van der Waals surface area contributed by atoms with Crippen LogP contribution in [-0.2, 0) is 25.7 Å². The average molecular weight is 501 g/mol. The molecule has 2 amide bonds. The van der Waals surface area contributed by atoms with E-state index in [-0.39, 0.29) is 36.1 Å². The van der Waals surface area contributed by atoms with Crippen LogP contribution in [0.3, 0.4) is 0 Å². The number of carbonyl (C=O) groups is 3. The van der Waals surface area contributed by atoms with Gasteiger partial charge < -0.3 is 19.2 Å². The Balaban J connectivity index is 1.50. The number of hydrogen-bond acceptors (Lipinski definition) is 6. The van der Waals surface area contributed by atoms with Gasteiger partial charge in [0.2, 0.25) is 0 Å². The molecule has 4 rings (SSSR count). The third kappa shape index (κ3) is 5.64. The van der Waals surface area contributed by atoms with Crippen LogP contribution in [0.4, 0.5) is 5.69 Å². The Morgan fingerprint density at radius 3 is 2.43 bits per heavy atom. The van der Waals surface area contributed by atoms with Crippen LogP contribution in [0.25, 0.3) is 6.08 Å². The lowest BCUT2D eigenvalue weighted by atomic mass is 10.0. The normalized spacial score (nSPS) is 14.3. The summed E-state index contributed by atoms with van der Waals surface area (Å²) in [6, 6.07) is 16.1. The topological polar surface area (TPSA) is 98.1 Å². The molecular formula is C29H28N2O6. The lowest BCUT2D eigenvalue weighted by Gasteiger charge is -2.19. The number of nitrogens with zero attached hydrogens (tertiary/aromatic N) is 1. The van der Waals surface area contributed by atoms with Gasteiger partial charge in [0.05, 0.1) is 31.1 Å². The number of benzene rings is 2. The van der Waals surface area contributed by atoms with Crippen molar-refractivity contribution in [3.63, 3.8) is 0 Å². The number of furan rings is 1. The zero-order valence-corrected chi connectivity index (χ0v) is 21.2. The van der Waals surface area contributed by atoms with Crippen LogP contribution >= 0.6 is 0 Å². The molecular weight excluding hydrogens is 472 g/mol. The van der Waals surface area contributed by atoms with E-state index in [2.05, 4.69) is 5.32 Å². The van der Waals surface area contributed by atoms with Gasteiger partial charge in [-0.3, -0.25) is 14.5 Å². The molecule has 37 heavy (non-hydrogen) atoms. The van der Waals surface area contributed by atoms with Crippen LogP contribution in [-0.4, -0.2) is 31.5 Å². The Kier molecular flexibility index (Phi) is 7.57. The highest BCUT2D eigenvalue weighted by atomic mass is 16.5. The molecule has 0 bridgehead atoms. The quantitative estimate of drug-likeness (QED) is 0.362. The first-order chi connectivity index (χ1) is 17.8. The molecule has 0 saturated heterocycles. The first-order valence-corrected chi connectivity index (χ1v) is 11.7. The van der Waals surface area contributed by atoms with Crippen LogP contribution in [0, 0.1) is 13.8 Å². The summed E-state index contributed by atoms with van der Waals surface area (Å²) in [5, 5.41) is 2.71. The second-order valence-electron chi connectivity index (χ2n) is 8.63. The van der Waals surface area contributed by atoms with E-state index in [1.165, 1.54) is 12.0 Å². The Labute approximate surface area is 215 Å². The highest BCUT2D eigenvalue weighted by molar-refractivity contribution is 6.23. The summed E-state index contributed by atoms with van der Waals surface area (Å²) in [6.07, 6.45) is 3.19. The summed E-state index contributed by atoms with van der Waals surface area (Å²) < 4.78 is 15.7. The van der Waals surface area contributed by atoms with Crippen molar-refractivity contribution < 1.29 is 28.3 Å². The summed E-state index contributed by atoms with van der Waals surface area (Å²) in [5.74, 6) is -0.0313. The summed E-state index contributed by atoms with van der Waals surface area (Å²) in [6.45, 7) is 5.83. The minimum absolute atomic E-state index is 0.154. The maximum absolute atomic E-state index is 13.5. The van der Waals surface area contributed by atoms with E-state index < -0.39 is 5.97 Å². The number of ether oxygens (including phenoxy) is 2. The Hall–Kier alpha value is -4.59. The van der Waals surface area contributed by atoms with Gasteiger partial charge in [-0.2, -0.15) is 0 Å². The van der Waals surface area contributed by atoms with E-state index in [0.717, 1.165) is 11.1 Å². The maximum Gasteiger partial charge on any atom is 0.340 e. The van der Waals surface area contributed by atoms with Crippen molar-refractivity contribution in [2.75, 3.05) is 18.6 Å². The average Bonchev–Trinajstić information content (AvgIpc) is 3.50. The van der Waals surface area contributed by atoms with Crippen LogP contribution in [0.1, 0.15) is 29.4 Å². The molecule has 3 aromatic rings. The Morgan fingerprint density at radius 2 is 1.78 bits per heavy atom. The smallest absolute Gasteiger partial charge is 0.340 e. The number of hydrogen-bond donors (Lipinski definition) is 1. The molecule has 0 radical (unpaired) electrons. The van der Waals surface area contributed by atoms with Gasteiger partial charge in [-0.25, -0.2) is 4.79 Å². The third-order valence-corrected chi connectivity index (χ3v) is 6.14. The van der Waals surface area contributed by atoms with Crippen molar-refractivity contribution in [3.05, 3.63) is 100 Å². The molecule has 8 heteroatoms. The van der Waals surface area contributed by atoms with E-state index in [9.17, 15) is 14.4 Å². The number of esters is 1. The molecule has 0 atom stereocenters. The fourth-order valence-corrected chi connectivity index (χ4v) is 3.98. The first-order valence-electron chi connectivity index (χ1n) is 11.7. The van der Waals surface area contributed by atoms with Gasteiger partial charge in [-0.05, 0) is 79.9 Å². The Bertz CT molecular complexity index is 1380. The van der Waals surface area contributed by atoms with Crippen molar-refractivity contribution in [1.82, 2.24) is 5.32 Å². The van der Waals surface area contributed by atoms with E-state index in [0.29, 0.717) is 28.5 Å². The SMILES string of the molecule is COC(=O)C1=C(C)N(c2ccc(C)c(C)c2)C(=O)/C1=C\c1ccc(OCC(=O)NCc2ccco2)cc1. The molecule has 1 aliphatic rings. The zero-order chi connectivity index (χ0) is 26.5. The number of aryl methyl sites for hydroxylation is 2. The number of methoxy groups -OCH3 is 1. The molecule has 0 spiro atoms. The van der Waals surface area contributed by atoms with Gasteiger partial charge >= 0.3 is 5.97 Å². The van der Waals surface area contributed by atoms with Gasteiger partial charge in [0.25, 0.3) is 11.8 Å². The second-order valence-corrected chi connectivity index (χ2v) is 8.63. The predicted molar refractivity (Wildman–Crippen MR) is 139 cm³/mol. The summed E-state index contributed by atoms with van der Waals surface area (Å²) in [7, 11) is 1.29. The number of carbonyl (C=O) groups excluding carboxylic acids is 3. The monoisotopic (exact) mass is 500 g/mol. The summed E-state index contributed by atoms with van der Waals surface area (Å²) in [4.78, 5) is 39.7. The molecule has 1 N–H and O–H groups in total. The number of nitrogens with one attached hydrogen (secondary N) is 1. The fraction of sp³-hybridized carbons (Fsp3) is 0.207. The number of allylic oxidation sites excluding steroid dienone is 1. The van der Waals surface area contributed by atoms with E-state index in [1.54, 1.807) is 55.7 Å². The third-order valence-electron chi connectivity index (χ3n) is 6.14. The number of rotatable bonds is 8. The van der Waals surface area contributed by atoms with Gasteiger partial charge in [-0.1, -0.05) is 18.2 Å². The molecule has 1 aromatic heterocycles. The largest absolute Gasteiger partial charge is 0.484 e. The molecule has 0 aliphatic carbocycles. The molecule has 2 heterocycles. The highest BCUT2D eigenvalue weighted by Gasteiger charge is 2.38. The lowest BCUT2D eigenvalue weighted by molar-refractivity contribution is -0.136. The van der Waals surface area contributed by atoms with Crippen molar-refractivity contribution in [2.24, 2.45) is 0 Å². The van der Waals surface area contributed by atoms with Gasteiger partial charge in [0.15, 0.2) is 6.61 Å². The van der Waals surface area contributed by atoms with E-state index in [1.807, 2.05) is 32.0 Å².